The van der Waals surface area contributed by atoms with Crippen molar-refractivity contribution in [1.82, 2.24) is 10.0 Å². The molecular formula is C14H9ClN2O4S2. The summed E-state index contributed by atoms with van der Waals surface area (Å²) in [5, 5.41) is 2.74. The lowest BCUT2D eigenvalue weighted by atomic mass is 10.0. The molecule has 0 aromatic carbocycles. The minimum absolute atomic E-state index is 0.0449. The maximum Gasteiger partial charge on any atom is 0.279 e. The van der Waals surface area contributed by atoms with Crippen LogP contribution in [0, 0.1) is 0 Å². The van der Waals surface area contributed by atoms with Crippen LogP contribution in [0.3, 0.4) is 0 Å². The number of thioether (sulfide) groups is 2. The lowest BCUT2D eigenvalue weighted by Crippen LogP contribution is -2.33. The number of allylic oxidation sites excluding steroid dienone is 4. The second kappa shape index (κ2) is 4.99. The van der Waals surface area contributed by atoms with Crippen molar-refractivity contribution in [2.24, 2.45) is 0 Å². The number of rotatable bonds is 0. The molecule has 0 aromatic heterocycles. The molecule has 23 heavy (non-hydrogen) atoms. The van der Waals surface area contributed by atoms with Gasteiger partial charge in [0, 0.05) is 18.7 Å². The van der Waals surface area contributed by atoms with E-state index in [1.807, 2.05) is 0 Å². The average molecular weight is 369 g/mol. The molecule has 9 heteroatoms. The second-order valence-corrected chi connectivity index (χ2v) is 8.01. The van der Waals surface area contributed by atoms with Gasteiger partial charge in [-0.1, -0.05) is 35.1 Å². The second-order valence-electron chi connectivity index (χ2n) is 5.33. The first kappa shape index (κ1) is 15.0. The van der Waals surface area contributed by atoms with Gasteiger partial charge in [-0.05, 0) is 13.3 Å². The minimum Gasteiger partial charge on any atom is -0.288 e. The Morgan fingerprint density at radius 2 is 1.43 bits per heavy atom. The molecule has 2 amide bonds. The fourth-order valence-electron chi connectivity index (χ4n) is 2.80. The summed E-state index contributed by atoms with van der Waals surface area (Å²) >= 11 is 7.92. The Morgan fingerprint density at radius 1 is 0.913 bits per heavy atom. The highest BCUT2D eigenvalue weighted by Gasteiger charge is 2.48. The number of carbonyl (C=O) groups is 4. The summed E-state index contributed by atoms with van der Waals surface area (Å²) in [4.78, 5) is 49.9. The largest absolute Gasteiger partial charge is 0.288 e. The number of hydrazine groups is 1. The van der Waals surface area contributed by atoms with Gasteiger partial charge < -0.3 is 0 Å². The van der Waals surface area contributed by atoms with Crippen LogP contribution in [-0.4, -0.2) is 46.5 Å². The quantitative estimate of drug-likeness (QED) is 0.367. The van der Waals surface area contributed by atoms with Gasteiger partial charge >= 0.3 is 0 Å². The van der Waals surface area contributed by atoms with E-state index in [1.54, 1.807) is 0 Å². The molecule has 2 fully saturated rings. The van der Waals surface area contributed by atoms with Crippen LogP contribution in [0.25, 0.3) is 0 Å². The maximum absolute atomic E-state index is 12.4. The standard InChI is InChI=1S/C14H9ClN2O4S2/c1-5-7(15)9(19)11-10(8(5)18)22-14(23-11)6-12(20)16-3-2-4-17(16)13(6)21/h2-4H2,1H3. The summed E-state index contributed by atoms with van der Waals surface area (Å²) in [6, 6.07) is 0. The zero-order chi connectivity index (χ0) is 16.5. The molecule has 118 valence electrons. The number of carbonyl (C=O) groups excluding carboxylic acids is 4. The van der Waals surface area contributed by atoms with E-state index in [0.29, 0.717) is 17.3 Å². The van der Waals surface area contributed by atoms with Gasteiger partial charge in [-0.25, -0.2) is 10.0 Å². The third-order valence-corrected chi connectivity index (χ3v) is 7.06. The number of halogens is 1. The highest BCUT2D eigenvalue weighted by molar-refractivity contribution is 8.29. The van der Waals surface area contributed by atoms with E-state index in [-0.39, 0.29) is 43.6 Å². The van der Waals surface area contributed by atoms with Crippen LogP contribution >= 0.6 is 35.1 Å². The van der Waals surface area contributed by atoms with Crippen molar-refractivity contribution in [3.63, 3.8) is 0 Å². The highest BCUT2D eigenvalue weighted by Crippen LogP contribution is 2.55. The summed E-state index contributed by atoms with van der Waals surface area (Å²) in [5.74, 6) is -1.47. The molecule has 0 spiro atoms. The average Bonchev–Trinajstić information content (AvgIpc) is 3.21. The molecule has 4 aliphatic rings. The first-order valence-corrected chi connectivity index (χ1v) is 8.86. The van der Waals surface area contributed by atoms with E-state index >= 15 is 0 Å². The smallest absolute Gasteiger partial charge is 0.279 e. The zero-order valence-corrected chi connectivity index (χ0v) is 14.2. The number of hydrogen-bond acceptors (Lipinski definition) is 6. The van der Waals surface area contributed by atoms with E-state index in [9.17, 15) is 19.2 Å². The first-order valence-electron chi connectivity index (χ1n) is 6.85. The molecule has 4 rings (SSSR count). The molecule has 3 aliphatic heterocycles. The van der Waals surface area contributed by atoms with Gasteiger partial charge in [0.05, 0.1) is 19.1 Å². The van der Waals surface area contributed by atoms with Crippen LogP contribution in [0.2, 0.25) is 0 Å². The van der Waals surface area contributed by atoms with Crippen molar-refractivity contribution >= 4 is 58.5 Å². The summed E-state index contributed by atoms with van der Waals surface area (Å²) in [5.41, 5.74) is 0.242. The molecule has 0 N–H and O–H groups in total. The lowest BCUT2D eigenvalue weighted by molar-refractivity contribution is -0.141. The molecule has 1 aliphatic carbocycles. The van der Waals surface area contributed by atoms with Crippen molar-refractivity contribution in [2.75, 3.05) is 13.1 Å². The molecular weight excluding hydrogens is 360 g/mol. The maximum atomic E-state index is 12.4. The predicted molar refractivity (Wildman–Crippen MR) is 85.8 cm³/mol. The van der Waals surface area contributed by atoms with Crippen molar-refractivity contribution in [3.05, 3.63) is 30.2 Å². The number of fused-ring (bicyclic) bond motifs is 1. The van der Waals surface area contributed by atoms with Gasteiger partial charge in [0.15, 0.2) is 5.78 Å². The summed E-state index contributed by atoms with van der Waals surface area (Å²) in [6.07, 6.45) is 0.755. The Labute approximate surface area is 144 Å². The van der Waals surface area contributed by atoms with E-state index in [2.05, 4.69) is 0 Å². The fraction of sp³-hybridized carbons (Fsp3) is 0.286. The summed E-state index contributed by atoms with van der Waals surface area (Å²) in [6.45, 7) is 2.51. The first-order chi connectivity index (χ1) is 10.9. The Bertz CT molecular complexity index is 765. The van der Waals surface area contributed by atoms with Gasteiger partial charge in [-0.15, -0.1) is 0 Å². The molecule has 0 radical (unpaired) electrons. The van der Waals surface area contributed by atoms with E-state index in [4.69, 9.17) is 11.6 Å². The lowest BCUT2D eigenvalue weighted by Gasteiger charge is -2.16. The molecule has 0 saturated carbocycles. The van der Waals surface area contributed by atoms with Crippen LogP contribution in [0.5, 0.6) is 0 Å². The van der Waals surface area contributed by atoms with Crippen LogP contribution in [0.4, 0.5) is 0 Å². The van der Waals surface area contributed by atoms with Crippen molar-refractivity contribution in [1.29, 1.82) is 0 Å². The Kier molecular flexibility index (Phi) is 3.26. The normalized spacial score (nSPS) is 24.6. The van der Waals surface area contributed by atoms with E-state index < -0.39 is 5.78 Å². The van der Waals surface area contributed by atoms with Gasteiger partial charge in [0.2, 0.25) is 5.78 Å². The minimum atomic E-state index is -0.425. The van der Waals surface area contributed by atoms with Crippen molar-refractivity contribution in [3.8, 4) is 0 Å². The van der Waals surface area contributed by atoms with Crippen LogP contribution in [0.1, 0.15) is 13.3 Å². The Hall–Kier alpha value is -1.51. The monoisotopic (exact) mass is 368 g/mol. The highest BCUT2D eigenvalue weighted by atomic mass is 35.5. The number of ketones is 2. The fourth-order valence-corrected chi connectivity index (χ4v) is 5.69. The Morgan fingerprint density at radius 3 is 2.00 bits per heavy atom. The predicted octanol–water partition coefficient (Wildman–Crippen LogP) is 1.54. The van der Waals surface area contributed by atoms with Gasteiger partial charge in [-0.2, -0.15) is 0 Å². The number of hydrogen-bond donors (Lipinski definition) is 0. The molecule has 3 heterocycles. The van der Waals surface area contributed by atoms with Gasteiger partial charge in [0.25, 0.3) is 11.8 Å². The summed E-state index contributed by atoms with van der Waals surface area (Å²) in [7, 11) is 0. The summed E-state index contributed by atoms with van der Waals surface area (Å²) < 4.78 is 0.389. The molecule has 0 aromatic rings. The molecule has 0 bridgehead atoms. The molecule has 0 unspecified atom stereocenters. The van der Waals surface area contributed by atoms with Gasteiger partial charge in [-0.3, -0.25) is 19.2 Å². The third kappa shape index (κ3) is 1.91. The van der Waals surface area contributed by atoms with Gasteiger partial charge in [0.1, 0.15) is 5.57 Å². The van der Waals surface area contributed by atoms with Crippen molar-refractivity contribution < 1.29 is 19.2 Å². The van der Waals surface area contributed by atoms with Crippen LogP contribution < -0.4 is 0 Å². The molecule has 6 nitrogen and oxygen atoms in total. The molecule has 0 atom stereocenters. The van der Waals surface area contributed by atoms with E-state index in [0.717, 1.165) is 29.9 Å². The Balaban J connectivity index is 1.74. The van der Waals surface area contributed by atoms with Crippen molar-refractivity contribution in [2.45, 2.75) is 13.3 Å². The third-order valence-electron chi connectivity index (χ3n) is 4.01. The molecule has 2 saturated heterocycles. The number of nitrogens with zero attached hydrogens (tertiary/aromatic N) is 2. The zero-order valence-electron chi connectivity index (χ0n) is 11.8. The number of Topliss-reactive ketones (excluding diaryl/α,β-unsaturated/α-hetero) is 2. The topological polar surface area (TPSA) is 74.8 Å². The van der Waals surface area contributed by atoms with Crippen LogP contribution in [-0.2, 0) is 19.2 Å². The van der Waals surface area contributed by atoms with Crippen LogP contribution in [0.15, 0.2) is 30.2 Å². The SMILES string of the molecule is CC1=C(Cl)C(=O)C2=C(SC(=C3C(=O)N4CCCN4C3=O)S2)C1=O. The number of amides is 2. The van der Waals surface area contributed by atoms with E-state index in [1.165, 1.54) is 16.9 Å².